The standard InChI is InChI=1S/C11H14BrNO2S/c1-7-6-16(14,15)10-4-3-8(12)5-9(10)11(7)13-2/h3-5,7,11,13H,6H2,1-2H3. The Morgan fingerprint density at radius 3 is 2.75 bits per heavy atom. The second-order valence-electron chi connectivity index (χ2n) is 4.21. The molecule has 5 heteroatoms. The molecule has 16 heavy (non-hydrogen) atoms. The molecule has 0 fully saturated rings. The van der Waals surface area contributed by atoms with E-state index in [0.29, 0.717) is 4.90 Å². The molecule has 2 unspecified atom stereocenters. The average Bonchev–Trinajstić information content (AvgIpc) is 2.16. The van der Waals surface area contributed by atoms with Crippen LogP contribution in [0.4, 0.5) is 0 Å². The van der Waals surface area contributed by atoms with Crippen LogP contribution in [0.25, 0.3) is 0 Å². The Labute approximate surface area is 104 Å². The van der Waals surface area contributed by atoms with E-state index >= 15 is 0 Å². The average molecular weight is 304 g/mol. The van der Waals surface area contributed by atoms with Crippen LogP contribution in [0, 0.1) is 5.92 Å². The zero-order valence-corrected chi connectivity index (χ0v) is 11.6. The Bertz CT molecular complexity index is 513. The van der Waals surface area contributed by atoms with Gasteiger partial charge in [-0.15, -0.1) is 0 Å². The molecule has 0 aromatic heterocycles. The van der Waals surface area contributed by atoms with Crippen LogP contribution in [0.1, 0.15) is 18.5 Å². The van der Waals surface area contributed by atoms with Gasteiger partial charge in [0.05, 0.1) is 10.6 Å². The highest BCUT2D eigenvalue weighted by molar-refractivity contribution is 9.10. The third-order valence-electron chi connectivity index (χ3n) is 3.00. The van der Waals surface area contributed by atoms with Crippen LogP contribution < -0.4 is 5.32 Å². The predicted octanol–water partition coefficient (Wildman–Crippen LogP) is 2.13. The Hall–Kier alpha value is -0.390. The molecule has 0 saturated heterocycles. The van der Waals surface area contributed by atoms with Gasteiger partial charge in [0.25, 0.3) is 0 Å². The lowest BCUT2D eigenvalue weighted by Crippen LogP contribution is -2.34. The molecule has 1 N–H and O–H groups in total. The molecule has 1 aliphatic heterocycles. The second kappa shape index (κ2) is 4.13. The van der Waals surface area contributed by atoms with Gasteiger partial charge in [-0.3, -0.25) is 0 Å². The molecule has 88 valence electrons. The van der Waals surface area contributed by atoms with E-state index in [2.05, 4.69) is 21.2 Å². The summed E-state index contributed by atoms with van der Waals surface area (Å²) in [6, 6.07) is 5.46. The summed E-state index contributed by atoms with van der Waals surface area (Å²) < 4.78 is 24.9. The molecule has 2 atom stereocenters. The lowest BCUT2D eigenvalue weighted by Gasteiger charge is -2.30. The van der Waals surface area contributed by atoms with Crippen molar-refractivity contribution < 1.29 is 8.42 Å². The number of benzene rings is 1. The number of nitrogens with one attached hydrogen (secondary N) is 1. The third kappa shape index (κ3) is 1.92. The Morgan fingerprint density at radius 1 is 1.44 bits per heavy atom. The fraction of sp³-hybridized carbons (Fsp3) is 0.455. The van der Waals surface area contributed by atoms with E-state index < -0.39 is 9.84 Å². The summed E-state index contributed by atoms with van der Waals surface area (Å²) in [6.45, 7) is 1.96. The molecule has 1 aromatic carbocycles. The van der Waals surface area contributed by atoms with Gasteiger partial charge < -0.3 is 5.32 Å². The van der Waals surface area contributed by atoms with Crippen molar-refractivity contribution in [2.75, 3.05) is 12.8 Å². The van der Waals surface area contributed by atoms with E-state index in [1.807, 2.05) is 20.0 Å². The molecule has 0 bridgehead atoms. The smallest absolute Gasteiger partial charge is 0.179 e. The number of hydrogen-bond donors (Lipinski definition) is 1. The lowest BCUT2D eigenvalue weighted by atomic mass is 9.95. The number of fused-ring (bicyclic) bond motifs is 1. The van der Waals surface area contributed by atoms with Crippen molar-refractivity contribution in [3.8, 4) is 0 Å². The van der Waals surface area contributed by atoms with Crippen LogP contribution in [-0.4, -0.2) is 21.2 Å². The first-order valence-electron chi connectivity index (χ1n) is 5.15. The van der Waals surface area contributed by atoms with Crippen molar-refractivity contribution in [3.63, 3.8) is 0 Å². The van der Waals surface area contributed by atoms with Gasteiger partial charge in [-0.1, -0.05) is 22.9 Å². The van der Waals surface area contributed by atoms with Crippen molar-refractivity contribution in [3.05, 3.63) is 28.2 Å². The van der Waals surface area contributed by atoms with E-state index in [0.717, 1.165) is 10.0 Å². The summed E-state index contributed by atoms with van der Waals surface area (Å²) in [5, 5.41) is 3.19. The van der Waals surface area contributed by atoms with Gasteiger partial charge in [0.1, 0.15) is 0 Å². The molecule has 1 aromatic rings. The molecule has 0 radical (unpaired) electrons. The van der Waals surface area contributed by atoms with Gasteiger partial charge in [-0.05, 0) is 36.7 Å². The SMILES string of the molecule is CNC1c2cc(Br)ccc2S(=O)(=O)CC1C. The molecule has 3 nitrogen and oxygen atoms in total. The van der Waals surface area contributed by atoms with Gasteiger partial charge >= 0.3 is 0 Å². The van der Waals surface area contributed by atoms with Crippen LogP contribution in [0.3, 0.4) is 0 Å². The van der Waals surface area contributed by atoms with Crippen molar-refractivity contribution in [1.82, 2.24) is 5.32 Å². The number of halogens is 1. The fourth-order valence-corrected chi connectivity index (χ4v) is 4.59. The first kappa shape index (κ1) is 12.1. The minimum atomic E-state index is -3.11. The van der Waals surface area contributed by atoms with E-state index in [4.69, 9.17) is 0 Å². The molecule has 0 aliphatic carbocycles. The summed E-state index contributed by atoms with van der Waals surface area (Å²) in [5.41, 5.74) is 0.871. The molecule has 2 rings (SSSR count). The van der Waals surface area contributed by atoms with Gasteiger partial charge in [0, 0.05) is 10.5 Å². The maximum absolute atomic E-state index is 12.0. The number of hydrogen-bond acceptors (Lipinski definition) is 3. The minimum absolute atomic E-state index is 0.0943. The van der Waals surface area contributed by atoms with E-state index in [1.165, 1.54) is 0 Å². The monoisotopic (exact) mass is 303 g/mol. The molecule has 0 saturated carbocycles. The van der Waals surface area contributed by atoms with Crippen molar-refractivity contribution >= 4 is 25.8 Å². The maximum atomic E-state index is 12.0. The van der Waals surface area contributed by atoms with E-state index in [-0.39, 0.29) is 17.7 Å². The maximum Gasteiger partial charge on any atom is 0.179 e. The Balaban J connectivity index is 2.67. The van der Waals surface area contributed by atoms with E-state index in [9.17, 15) is 8.42 Å². The summed E-state index contributed by atoms with van der Waals surface area (Å²) in [5.74, 6) is 0.310. The summed E-state index contributed by atoms with van der Waals surface area (Å²) in [4.78, 5) is 0.466. The topological polar surface area (TPSA) is 46.2 Å². The summed E-state index contributed by atoms with van der Waals surface area (Å²) >= 11 is 3.38. The highest BCUT2D eigenvalue weighted by Gasteiger charge is 2.34. The first-order chi connectivity index (χ1) is 7.45. The predicted molar refractivity (Wildman–Crippen MR) is 67.2 cm³/mol. The zero-order chi connectivity index (χ0) is 11.9. The molecule has 0 spiro atoms. The van der Waals surface area contributed by atoms with Crippen LogP contribution in [0.2, 0.25) is 0 Å². The summed E-state index contributed by atoms with van der Waals surface area (Å²) in [7, 11) is -1.25. The normalized spacial score (nSPS) is 27.4. The zero-order valence-electron chi connectivity index (χ0n) is 9.20. The Kier molecular flexibility index (Phi) is 3.11. The van der Waals surface area contributed by atoms with Gasteiger partial charge in [-0.25, -0.2) is 8.42 Å². The molecule has 1 heterocycles. The lowest BCUT2D eigenvalue weighted by molar-refractivity contribution is 0.421. The number of sulfone groups is 1. The van der Waals surface area contributed by atoms with Crippen LogP contribution in [-0.2, 0) is 9.84 Å². The van der Waals surface area contributed by atoms with Crippen LogP contribution in [0.15, 0.2) is 27.6 Å². The van der Waals surface area contributed by atoms with Crippen molar-refractivity contribution in [1.29, 1.82) is 0 Å². The highest BCUT2D eigenvalue weighted by Crippen LogP contribution is 2.36. The second-order valence-corrected chi connectivity index (χ2v) is 7.13. The van der Waals surface area contributed by atoms with Crippen molar-refractivity contribution in [2.24, 2.45) is 5.92 Å². The molecule has 0 amide bonds. The third-order valence-corrected chi connectivity index (χ3v) is 5.50. The molecule has 1 aliphatic rings. The highest BCUT2D eigenvalue weighted by atomic mass is 79.9. The van der Waals surface area contributed by atoms with Gasteiger partial charge in [-0.2, -0.15) is 0 Å². The number of rotatable bonds is 1. The first-order valence-corrected chi connectivity index (χ1v) is 7.59. The van der Waals surface area contributed by atoms with Gasteiger partial charge in [0.2, 0.25) is 0 Å². The Morgan fingerprint density at radius 2 is 2.12 bits per heavy atom. The minimum Gasteiger partial charge on any atom is -0.313 e. The van der Waals surface area contributed by atoms with Crippen LogP contribution >= 0.6 is 15.9 Å². The van der Waals surface area contributed by atoms with E-state index in [1.54, 1.807) is 12.1 Å². The molecular formula is C11H14BrNO2S. The van der Waals surface area contributed by atoms with Crippen molar-refractivity contribution in [2.45, 2.75) is 17.9 Å². The largest absolute Gasteiger partial charge is 0.313 e. The quantitative estimate of drug-likeness (QED) is 0.864. The fourth-order valence-electron chi connectivity index (χ4n) is 2.32. The van der Waals surface area contributed by atoms with Crippen LogP contribution in [0.5, 0.6) is 0 Å². The summed E-state index contributed by atoms with van der Waals surface area (Å²) in [6.07, 6.45) is 0. The van der Waals surface area contributed by atoms with Gasteiger partial charge in [0.15, 0.2) is 9.84 Å². The molecular weight excluding hydrogens is 290 g/mol.